The second-order valence-electron chi connectivity index (χ2n) is 5.81. The van der Waals surface area contributed by atoms with Gasteiger partial charge < -0.3 is 20.5 Å². The highest BCUT2D eigenvalue weighted by Crippen LogP contribution is 2.24. The van der Waals surface area contributed by atoms with Crippen LogP contribution < -0.4 is 16.0 Å². The molecule has 0 fully saturated rings. The van der Waals surface area contributed by atoms with Crippen molar-refractivity contribution in [2.45, 2.75) is 19.9 Å². The lowest BCUT2D eigenvalue weighted by molar-refractivity contribution is -0.114. The van der Waals surface area contributed by atoms with Crippen molar-refractivity contribution in [3.05, 3.63) is 51.8 Å². The first-order chi connectivity index (χ1) is 12.4. The molecule has 2 aromatic rings. The summed E-state index contributed by atoms with van der Waals surface area (Å²) in [4.78, 5) is 15.2. The molecule has 0 aliphatic heterocycles. The average molecular weight is 524 g/mol. The Kier molecular flexibility index (Phi) is 9.97. The topological polar surface area (TPSA) is 70.4 Å². The molecule has 0 aliphatic rings. The van der Waals surface area contributed by atoms with Gasteiger partial charge in [0.15, 0.2) is 5.96 Å². The predicted octanol–water partition coefficient (Wildman–Crippen LogP) is 3.82. The van der Waals surface area contributed by atoms with Crippen molar-refractivity contribution in [2.24, 2.45) is 12.0 Å². The quantitative estimate of drug-likeness (QED) is 0.306. The van der Waals surface area contributed by atoms with E-state index in [1.807, 2.05) is 41.9 Å². The third-order valence-corrected chi connectivity index (χ3v) is 4.70. The number of guanidine groups is 1. The summed E-state index contributed by atoms with van der Waals surface area (Å²) in [6.07, 6.45) is 0.836. The van der Waals surface area contributed by atoms with Gasteiger partial charge in [0.1, 0.15) is 5.15 Å². The minimum Gasteiger partial charge on any atom is -0.356 e. The molecule has 0 saturated carbocycles. The molecular weight excluding hydrogens is 500 g/mol. The van der Waals surface area contributed by atoms with Crippen molar-refractivity contribution in [1.29, 1.82) is 0 Å². The SMILES string of the molecule is CN=C(NCCc1ccc(NC(C)=O)cc1)NCc1cc(Cl)c(Cl)n1C.I. The largest absolute Gasteiger partial charge is 0.356 e. The third-order valence-electron chi connectivity index (χ3n) is 3.86. The van der Waals surface area contributed by atoms with Crippen LogP contribution in [0.3, 0.4) is 0 Å². The maximum Gasteiger partial charge on any atom is 0.221 e. The Labute approximate surface area is 186 Å². The first kappa shape index (κ1) is 23.6. The fourth-order valence-corrected chi connectivity index (χ4v) is 2.85. The van der Waals surface area contributed by atoms with E-state index >= 15 is 0 Å². The summed E-state index contributed by atoms with van der Waals surface area (Å²) in [7, 11) is 3.59. The summed E-state index contributed by atoms with van der Waals surface area (Å²) in [5.41, 5.74) is 2.94. The van der Waals surface area contributed by atoms with E-state index < -0.39 is 0 Å². The van der Waals surface area contributed by atoms with Crippen LogP contribution in [-0.4, -0.2) is 30.0 Å². The number of benzene rings is 1. The molecule has 0 saturated heterocycles. The van der Waals surface area contributed by atoms with Gasteiger partial charge in [-0.2, -0.15) is 0 Å². The molecule has 0 aliphatic carbocycles. The molecule has 6 nitrogen and oxygen atoms in total. The van der Waals surface area contributed by atoms with Gasteiger partial charge >= 0.3 is 0 Å². The molecule has 1 heterocycles. The van der Waals surface area contributed by atoms with E-state index in [1.165, 1.54) is 12.5 Å². The number of amides is 1. The molecule has 1 amide bonds. The van der Waals surface area contributed by atoms with Crippen LogP contribution in [0.5, 0.6) is 0 Å². The average Bonchev–Trinajstić information content (AvgIpc) is 2.86. The van der Waals surface area contributed by atoms with Crippen LogP contribution in [0.1, 0.15) is 18.2 Å². The van der Waals surface area contributed by atoms with Gasteiger partial charge in [0.05, 0.1) is 11.6 Å². The number of aromatic nitrogens is 1. The molecule has 1 aromatic carbocycles. The molecule has 0 atom stereocenters. The highest BCUT2D eigenvalue weighted by atomic mass is 127. The maximum atomic E-state index is 11.0. The molecule has 0 bridgehead atoms. The van der Waals surface area contributed by atoms with E-state index in [1.54, 1.807) is 7.05 Å². The lowest BCUT2D eigenvalue weighted by Gasteiger charge is -2.12. The Morgan fingerprint density at radius 1 is 1.19 bits per heavy atom. The van der Waals surface area contributed by atoms with Crippen LogP contribution >= 0.6 is 47.2 Å². The number of nitrogens with one attached hydrogen (secondary N) is 3. The summed E-state index contributed by atoms with van der Waals surface area (Å²) in [6, 6.07) is 9.62. The zero-order chi connectivity index (χ0) is 19.1. The van der Waals surface area contributed by atoms with Gasteiger partial charge in [0, 0.05) is 38.9 Å². The lowest BCUT2D eigenvalue weighted by atomic mass is 10.1. The second kappa shape index (κ2) is 11.4. The van der Waals surface area contributed by atoms with E-state index in [4.69, 9.17) is 23.2 Å². The van der Waals surface area contributed by atoms with Crippen molar-refractivity contribution >= 4 is 64.7 Å². The van der Waals surface area contributed by atoms with E-state index in [9.17, 15) is 4.79 Å². The number of anilines is 1. The van der Waals surface area contributed by atoms with E-state index in [0.717, 1.165) is 24.3 Å². The van der Waals surface area contributed by atoms with Crippen LogP contribution in [0.4, 0.5) is 5.69 Å². The van der Waals surface area contributed by atoms with Crippen LogP contribution in [0.15, 0.2) is 35.3 Å². The van der Waals surface area contributed by atoms with Crippen LogP contribution in [-0.2, 0) is 24.8 Å². The summed E-state index contributed by atoms with van der Waals surface area (Å²) < 4.78 is 1.83. The normalized spacial score (nSPS) is 10.9. The fraction of sp³-hybridized carbons (Fsp3) is 0.333. The molecular formula is C18H24Cl2IN5O. The zero-order valence-corrected chi connectivity index (χ0v) is 19.3. The Morgan fingerprint density at radius 2 is 1.85 bits per heavy atom. The highest BCUT2D eigenvalue weighted by Gasteiger charge is 2.09. The Hall–Kier alpha value is -1.45. The maximum absolute atomic E-state index is 11.0. The summed E-state index contributed by atoms with van der Waals surface area (Å²) in [5.74, 6) is 0.628. The second-order valence-corrected chi connectivity index (χ2v) is 6.58. The smallest absolute Gasteiger partial charge is 0.221 e. The first-order valence-corrected chi connectivity index (χ1v) is 8.97. The molecule has 27 heavy (non-hydrogen) atoms. The molecule has 3 N–H and O–H groups in total. The zero-order valence-electron chi connectivity index (χ0n) is 15.5. The predicted molar refractivity (Wildman–Crippen MR) is 123 cm³/mol. The van der Waals surface area contributed by atoms with Crippen molar-refractivity contribution in [3.8, 4) is 0 Å². The van der Waals surface area contributed by atoms with Gasteiger partial charge in [0.25, 0.3) is 0 Å². The van der Waals surface area contributed by atoms with E-state index in [2.05, 4.69) is 20.9 Å². The number of halogens is 3. The molecule has 0 unspecified atom stereocenters. The Balaban J connectivity index is 0.00000364. The van der Waals surface area contributed by atoms with Crippen molar-refractivity contribution < 1.29 is 4.79 Å². The number of carbonyl (C=O) groups is 1. The number of rotatable bonds is 6. The van der Waals surface area contributed by atoms with Crippen molar-refractivity contribution in [3.63, 3.8) is 0 Å². The minimum atomic E-state index is -0.0740. The first-order valence-electron chi connectivity index (χ1n) is 8.21. The lowest BCUT2D eigenvalue weighted by Crippen LogP contribution is -2.38. The van der Waals surface area contributed by atoms with Crippen molar-refractivity contribution in [1.82, 2.24) is 15.2 Å². The van der Waals surface area contributed by atoms with E-state index in [0.29, 0.717) is 22.7 Å². The Bertz CT molecular complexity index is 790. The number of aliphatic imine (C=N–C) groups is 1. The fourth-order valence-electron chi connectivity index (χ4n) is 2.44. The van der Waals surface area contributed by atoms with Gasteiger partial charge in [0.2, 0.25) is 5.91 Å². The summed E-state index contributed by atoms with van der Waals surface area (Å²) in [6.45, 7) is 2.79. The summed E-state index contributed by atoms with van der Waals surface area (Å²) in [5, 5.41) is 10.3. The molecule has 0 radical (unpaired) electrons. The molecule has 9 heteroatoms. The molecule has 2 rings (SSSR count). The van der Waals surface area contributed by atoms with Gasteiger partial charge in [-0.3, -0.25) is 9.79 Å². The third kappa shape index (κ3) is 7.23. The minimum absolute atomic E-state index is 0. The number of hydrogen-bond donors (Lipinski definition) is 3. The van der Waals surface area contributed by atoms with Gasteiger partial charge in [-0.25, -0.2) is 0 Å². The van der Waals surface area contributed by atoms with Crippen LogP contribution in [0.2, 0.25) is 10.2 Å². The Morgan fingerprint density at radius 3 is 2.37 bits per heavy atom. The monoisotopic (exact) mass is 523 g/mol. The van der Waals surface area contributed by atoms with Gasteiger partial charge in [-0.05, 0) is 30.2 Å². The highest BCUT2D eigenvalue weighted by molar-refractivity contribution is 14.0. The van der Waals surface area contributed by atoms with Gasteiger partial charge in [-0.15, -0.1) is 24.0 Å². The molecule has 1 aromatic heterocycles. The number of carbonyl (C=O) groups excluding carboxylic acids is 1. The molecule has 148 valence electrons. The molecule has 0 spiro atoms. The number of hydrogen-bond acceptors (Lipinski definition) is 2. The van der Waals surface area contributed by atoms with Crippen molar-refractivity contribution in [2.75, 3.05) is 18.9 Å². The summed E-state index contributed by atoms with van der Waals surface area (Å²) >= 11 is 12.1. The van der Waals surface area contributed by atoms with E-state index in [-0.39, 0.29) is 29.9 Å². The number of nitrogens with zero attached hydrogens (tertiary/aromatic N) is 2. The standard InChI is InChI=1S/C18H23Cl2N5O.HI/c1-12(26)24-14-6-4-13(5-7-14)8-9-22-18(21-2)23-11-15-10-16(19)17(20)25(15)3;/h4-7,10H,8-9,11H2,1-3H3,(H,24,26)(H2,21,22,23);1H. The van der Waals surface area contributed by atoms with Crippen LogP contribution in [0, 0.1) is 0 Å². The van der Waals surface area contributed by atoms with Gasteiger partial charge in [-0.1, -0.05) is 35.3 Å². The van der Waals surface area contributed by atoms with Crippen LogP contribution in [0.25, 0.3) is 0 Å².